The molecule has 0 bridgehead atoms. The van der Waals surface area contributed by atoms with E-state index in [4.69, 9.17) is 14.2 Å². The van der Waals surface area contributed by atoms with Gasteiger partial charge in [0.25, 0.3) is 0 Å². The van der Waals surface area contributed by atoms with Crippen LogP contribution in [0.15, 0.2) is 36.4 Å². The van der Waals surface area contributed by atoms with Crippen molar-refractivity contribution in [3.8, 4) is 17.2 Å². The highest BCUT2D eigenvalue weighted by Crippen LogP contribution is 2.34. The van der Waals surface area contributed by atoms with Gasteiger partial charge in [0.1, 0.15) is 17.2 Å². The Balaban J connectivity index is 2.51. The van der Waals surface area contributed by atoms with Crippen LogP contribution in [-0.4, -0.2) is 27.1 Å². The maximum Gasteiger partial charge on any atom is 0.196 e. The van der Waals surface area contributed by atoms with Crippen LogP contribution in [-0.2, 0) is 0 Å². The van der Waals surface area contributed by atoms with Crippen molar-refractivity contribution in [2.24, 2.45) is 0 Å². The number of methoxy groups -OCH3 is 3. The van der Waals surface area contributed by atoms with Gasteiger partial charge < -0.3 is 14.2 Å². The normalized spacial score (nSPS) is 10.5. The number of ether oxygens (including phenoxy) is 3. The molecule has 2 rings (SSSR count). The van der Waals surface area contributed by atoms with Crippen molar-refractivity contribution in [2.45, 2.75) is 19.8 Å². The Morgan fingerprint density at radius 3 is 1.96 bits per heavy atom. The molecule has 4 nitrogen and oxygen atoms in total. The molecule has 122 valence electrons. The number of hydrogen-bond acceptors (Lipinski definition) is 4. The van der Waals surface area contributed by atoms with E-state index in [2.05, 4.69) is 13.8 Å². The van der Waals surface area contributed by atoms with Crippen LogP contribution in [0.1, 0.15) is 41.3 Å². The molecule has 0 heterocycles. The van der Waals surface area contributed by atoms with E-state index >= 15 is 0 Å². The summed E-state index contributed by atoms with van der Waals surface area (Å²) in [5.41, 5.74) is 2.09. The minimum absolute atomic E-state index is 0.0888. The lowest BCUT2D eigenvalue weighted by atomic mass is 9.95. The minimum Gasteiger partial charge on any atom is -0.497 e. The fourth-order valence-electron chi connectivity index (χ4n) is 2.45. The van der Waals surface area contributed by atoms with Crippen molar-refractivity contribution in [3.63, 3.8) is 0 Å². The minimum atomic E-state index is -0.0888. The smallest absolute Gasteiger partial charge is 0.196 e. The van der Waals surface area contributed by atoms with E-state index in [0.29, 0.717) is 22.6 Å². The number of carbonyl (C=O) groups is 1. The molecule has 0 unspecified atom stereocenters. The predicted molar refractivity (Wildman–Crippen MR) is 90.1 cm³/mol. The zero-order valence-electron chi connectivity index (χ0n) is 14.2. The van der Waals surface area contributed by atoms with E-state index in [1.165, 1.54) is 0 Å². The molecule has 2 aromatic carbocycles. The molecule has 23 heavy (non-hydrogen) atoms. The van der Waals surface area contributed by atoms with E-state index < -0.39 is 0 Å². The van der Waals surface area contributed by atoms with Crippen molar-refractivity contribution in [1.29, 1.82) is 0 Å². The van der Waals surface area contributed by atoms with Crippen LogP contribution < -0.4 is 14.2 Å². The number of benzene rings is 2. The van der Waals surface area contributed by atoms with Gasteiger partial charge in [-0.2, -0.15) is 0 Å². The van der Waals surface area contributed by atoms with Gasteiger partial charge in [0.2, 0.25) is 0 Å². The lowest BCUT2D eigenvalue weighted by molar-refractivity contribution is 0.103. The number of hydrogen-bond donors (Lipinski definition) is 0. The third kappa shape index (κ3) is 3.47. The van der Waals surface area contributed by atoms with Crippen molar-refractivity contribution >= 4 is 5.78 Å². The fraction of sp³-hybridized carbons (Fsp3) is 0.316. The molecular formula is C19H22O4. The summed E-state index contributed by atoms with van der Waals surface area (Å²) in [6.07, 6.45) is 0. The van der Waals surface area contributed by atoms with E-state index in [-0.39, 0.29) is 11.7 Å². The maximum absolute atomic E-state index is 12.8. The van der Waals surface area contributed by atoms with Crippen LogP contribution in [0.25, 0.3) is 0 Å². The van der Waals surface area contributed by atoms with Crippen LogP contribution in [0.2, 0.25) is 0 Å². The molecule has 0 atom stereocenters. The highest BCUT2D eigenvalue weighted by Gasteiger charge is 2.19. The van der Waals surface area contributed by atoms with Crippen LogP contribution in [0.3, 0.4) is 0 Å². The summed E-state index contributed by atoms with van der Waals surface area (Å²) in [6.45, 7) is 4.12. The summed E-state index contributed by atoms with van der Waals surface area (Å²) in [5, 5.41) is 0. The maximum atomic E-state index is 12.8. The molecule has 2 aromatic rings. The summed E-state index contributed by atoms with van der Waals surface area (Å²) in [4.78, 5) is 12.8. The molecule has 0 aliphatic rings. The average Bonchev–Trinajstić information content (AvgIpc) is 2.59. The second kappa shape index (κ2) is 7.18. The van der Waals surface area contributed by atoms with Crippen molar-refractivity contribution in [1.82, 2.24) is 0 Å². The van der Waals surface area contributed by atoms with Gasteiger partial charge in [-0.1, -0.05) is 13.8 Å². The van der Waals surface area contributed by atoms with Gasteiger partial charge in [-0.05, 0) is 41.8 Å². The zero-order chi connectivity index (χ0) is 17.0. The molecule has 0 radical (unpaired) electrons. The molecule has 0 N–H and O–H groups in total. The van der Waals surface area contributed by atoms with E-state index in [1.807, 2.05) is 6.07 Å². The van der Waals surface area contributed by atoms with Gasteiger partial charge in [0.15, 0.2) is 5.78 Å². The SMILES string of the molecule is COc1ccc(C(=O)c2cc(C(C)C)c(OC)cc2OC)cc1. The molecule has 0 saturated carbocycles. The highest BCUT2D eigenvalue weighted by atomic mass is 16.5. The van der Waals surface area contributed by atoms with Crippen LogP contribution >= 0.6 is 0 Å². The first-order valence-electron chi connectivity index (χ1n) is 7.46. The molecule has 0 spiro atoms. The summed E-state index contributed by atoms with van der Waals surface area (Å²) in [7, 11) is 4.76. The largest absolute Gasteiger partial charge is 0.497 e. The molecule has 0 aromatic heterocycles. The molecule has 0 amide bonds. The quantitative estimate of drug-likeness (QED) is 0.754. The van der Waals surface area contributed by atoms with Gasteiger partial charge >= 0.3 is 0 Å². The Morgan fingerprint density at radius 2 is 1.48 bits per heavy atom. The van der Waals surface area contributed by atoms with Gasteiger partial charge in [0, 0.05) is 11.6 Å². The molecule has 0 aliphatic heterocycles. The summed E-state index contributed by atoms with van der Waals surface area (Å²) >= 11 is 0. The second-order valence-corrected chi connectivity index (χ2v) is 5.51. The van der Waals surface area contributed by atoms with Crippen molar-refractivity contribution in [2.75, 3.05) is 21.3 Å². The Morgan fingerprint density at radius 1 is 0.870 bits per heavy atom. The van der Waals surface area contributed by atoms with E-state index in [1.54, 1.807) is 51.7 Å². The van der Waals surface area contributed by atoms with Crippen LogP contribution in [0.5, 0.6) is 17.2 Å². The topological polar surface area (TPSA) is 44.8 Å². The fourth-order valence-corrected chi connectivity index (χ4v) is 2.45. The lowest BCUT2D eigenvalue weighted by Crippen LogP contribution is -2.07. The molecule has 4 heteroatoms. The third-order valence-electron chi connectivity index (χ3n) is 3.77. The first-order valence-corrected chi connectivity index (χ1v) is 7.46. The first-order chi connectivity index (χ1) is 11.0. The Bertz CT molecular complexity index is 687. The molecule has 0 aliphatic carbocycles. The molecule has 0 fully saturated rings. The number of carbonyl (C=O) groups excluding carboxylic acids is 1. The summed E-state index contributed by atoms with van der Waals surface area (Å²) < 4.78 is 15.9. The van der Waals surface area contributed by atoms with Crippen LogP contribution in [0, 0.1) is 0 Å². The number of rotatable bonds is 6. The van der Waals surface area contributed by atoms with E-state index in [0.717, 1.165) is 11.3 Å². The van der Waals surface area contributed by atoms with Gasteiger partial charge in [-0.3, -0.25) is 4.79 Å². The van der Waals surface area contributed by atoms with Gasteiger partial charge in [-0.15, -0.1) is 0 Å². The molecule has 0 saturated heterocycles. The predicted octanol–water partition coefficient (Wildman–Crippen LogP) is 4.07. The van der Waals surface area contributed by atoms with Crippen molar-refractivity contribution in [3.05, 3.63) is 53.1 Å². The Hall–Kier alpha value is -2.49. The second-order valence-electron chi connectivity index (χ2n) is 5.51. The standard InChI is InChI=1S/C19H22O4/c1-12(2)15-10-16(18(23-5)11-17(15)22-4)19(20)13-6-8-14(21-3)9-7-13/h6-12H,1-5H3. The zero-order valence-corrected chi connectivity index (χ0v) is 14.2. The first kappa shape index (κ1) is 16.9. The van der Waals surface area contributed by atoms with E-state index in [9.17, 15) is 4.79 Å². The van der Waals surface area contributed by atoms with Gasteiger partial charge in [0.05, 0.1) is 26.9 Å². The summed E-state index contributed by atoms with van der Waals surface area (Å²) in [5.74, 6) is 2.09. The average molecular weight is 314 g/mol. The van der Waals surface area contributed by atoms with Crippen LogP contribution in [0.4, 0.5) is 0 Å². The van der Waals surface area contributed by atoms with Crippen molar-refractivity contribution < 1.29 is 19.0 Å². The monoisotopic (exact) mass is 314 g/mol. The van der Waals surface area contributed by atoms with Gasteiger partial charge in [-0.25, -0.2) is 0 Å². The lowest BCUT2D eigenvalue weighted by Gasteiger charge is -2.16. The molecular weight excluding hydrogens is 292 g/mol. The Labute approximate surface area is 137 Å². The number of ketones is 1. The highest BCUT2D eigenvalue weighted by molar-refractivity contribution is 6.11. The third-order valence-corrected chi connectivity index (χ3v) is 3.77. The summed E-state index contributed by atoms with van der Waals surface area (Å²) in [6, 6.07) is 10.7. The Kier molecular flexibility index (Phi) is 5.27.